The number of pyridine rings is 1. The van der Waals surface area contributed by atoms with Crippen LogP contribution in [0.1, 0.15) is 73.2 Å². The molecule has 0 unspecified atom stereocenters. The van der Waals surface area contributed by atoms with Gasteiger partial charge >= 0.3 is 6.03 Å². The zero-order valence-electron chi connectivity index (χ0n) is 23.4. The molecule has 224 valence electrons. The number of nitrogens with zero attached hydrogens (tertiary/aromatic N) is 2. The molecule has 3 fully saturated rings. The second kappa shape index (κ2) is 12.8. The molecular weight excluding hydrogens is 686 g/mol. The van der Waals surface area contributed by atoms with Crippen molar-refractivity contribution in [2.45, 2.75) is 75.8 Å². The van der Waals surface area contributed by atoms with Gasteiger partial charge in [0.05, 0.1) is 5.69 Å². The standard InChI is InChI=1S/C31H36Br2ClN5O3/c32-21-12-20-4-3-19-13-22(34)14-24(33)27(19)28(29(20)35-15-21)18-7-9-39(10-8-18)26(40)11-17-1-5-23(6-2-17)37-30(41)25-16-36-31(42)38-25/h12-15,17-18,23,25,28H,1-11,16H2,(H,37,41)(H2,36,38,42)/t17?,23?,25-,28-/m1/s1. The topological polar surface area (TPSA) is 103 Å². The Morgan fingerprint density at radius 2 is 1.76 bits per heavy atom. The Labute approximate surface area is 268 Å². The molecule has 8 nitrogen and oxygen atoms in total. The molecular formula is C31H36Br2ClN5O3. The molecule has 1 saturated carbocycles. The molecule has 11 heteroatoms. The van der Waals surface area contributed by atoms with E-state index in [1.54, 1.807) is 0 Å². The third kappa shape index (κ3) is 6.50. The summed E-state index contributed by atoms with van der Waals surface area (Å²) in [6.07, 6.45) is 9.78. The summed E-state index contributed by atoms with van der Waals surface area (Å²) < 4.78 is 2.04. The SMILES string of the molecule is O=C1NC[C@H](C(=O)NC2CCC(CC(=O)N3CCC([C@H]4c5ncc(Br)cc5CCc5cc(Cl)cc(Br)c54)CC3)CC2)N1. The minimum Gasteiger partial charge on any atom is -0.352 e. The highest BCUT2D eigenvalue weighted by Gasteiger charge is 2.37. The van der Waals surface area contributed by atoms with E-state index in [1.165, 1.54) is 16.7 Å². The molecule has 0 radical (unpaired) electrons. The van der Waals surface area contributed by atoms with Crippen LogP contribution in [-0.4, -0.2) is 59.4 Å². The highest BCUT2D eigenvalue weighted by molar-refractivity contribution is 9.10. The van der Waals surface area contributed by atoms with Gasteiger partial charge in [-0.2, -0.15) is 0 Å². The first-order valence-electron chi connectivity index (χ1n) is 15.0. The number of carbonyl (C=O) groups is 3. The molecule has 0 bridgehead atoms. The number of piperidine rings is 1. The van der Waals surface area contributed by atoms with Crippen molar-refractivity contribution in [1.29, 1.82) is 0 Å². The predicted octanol–water partition coefficient (Wildman–Crippen LogP) is 5.48. The van der Waals surface area contributed by atoms with Crippen LogP contribution in [0, 0.1) is 11.8 Å². The molecule has 42 heavy (non-hydrogen) atoms. The normalized spacial score (nSPS) is 26.0. The fourth-order valence-electron chi connectivity index (χ4n) is 7.31. The zero-order chi connectivity index (χ0) is 29.4. The monoisotopic (exact) mass is 719 g/mol. The van der Waals surface area contributed by atoms with Gasteiger partial charge < -0.3 is 20.9 Å². The number of aryl methyl sites for hydroxylation is 2. The molecule has 2 atom stereocenters. The highest BCUT2D eigenvalue weighted by atomic mass is 79.9. The summed E-state index contributed by atoms with van der Waals surface area (Å²) in [5.41, 5.74) is 5.01. The van der Waals surface area contributed by atoms with Crippen LogP contribution in [0.25, 0.3) is 0 Å². The van der Waals surface area contributed by atoms with Crippen molar-refractivity contribution < 1.29 is 14.4 Å². The van der Waals surface area contributed by atoms with Crippen LogP contribution in [0.3, 0.4) is 0 Å². The maximum Gasteiger partial charge on any atom is 0.315 e. The highest BCUT2D eigenvalue weighted by Crippen LogP contribution is 2.46. The number of hydrogen-bond donors (Lipinski definition) is 3. The van der Waals surface area contributed by atoms with Crippen molar-refractivity contribution in [2.75, 3.05) is 19.6 Å². The Morgan fingerprint density at radius 3 is 2.48 bits per heavy atom. The minimum atomic E-state index is -0.503. The lowest BCUT2D eigenvalue weighted by atomic mass is 9.76. The average molecular weight is 722 g/mol. The summed E-state index contributed by atoms with van der Waals surface area (Å²) in [4.78, 5) is 44.1. The molecule has 2 aliphatic carbocycles. The van der Waals surface area contributed by atoms with E-state index in [1.807, 2.05) is 12.3 Å². The number of likely N-dealkylation sites (tertiary alicyclic amines) is 1. The van der Waals surface area contributed by atoms with Gasteiger partial charge in [-0.3, -0.25) is 14.6 Å². The van der Waals surface area contributed by atoms with Crippen molar-refractivity contribution in [3.05, 3.63) is 60.7 Å². The van der Waals surface area contributed by atoms with E-state index in [0.29, 0.717) is 24.8 Å². The van der Waals surface area contributed by atoms with E-state index >= 15 is 0 Å². The zero-order valence-corrected chi connectivity index (χ0v) is 27.4. The Kier molecular flexibility index (Phi) is 9.12. The fourth-order valence-corrected chi connectivity index (χ4v) is 8.81. The van der Waals surface area contributed by atoms with Gasteiger partial charge in [0.25, 0.3) is 0 Å². The van der Waals surface area contributed by atoms with Gasteiger partial charge in [-0.1, -0.05) is 27.5 Å². The van der Waals surface area contributed by atoms with Crippen LogP contribution in [0.4, 0.5) is 4.79 Å². The molecule has 1 aromatic carbocycles. The maximum absolute atomic E-state index is 13.4. The molecule has 2 saturated heterocycles. The van der Waals surface area contributed by atoms with Gasteiger partial charge in [-0.25, -0.2) is 4.79 Å². The lowest BCUT2D eigenvalue weighted by Gasteiger charge is -2.38. The van der Waals surface area contributed by atoms with Crippen molar-refractivity contribution >= 4 is 61.3 Å². The molecule has 4 amide bonds. The van der Waals surface area contributed by atoms with Crippen LogP contribution in [0.5, 0.6) is 0 Å². The van der Waals surface area contributed by atoms with Gasteiger partial charge in [0, 0.05) is 58.2 Å². The first kappa shape index (κ1) is 29.9. The van der Waals surface area contributed by atoms with Gasteiger partial charge in [0.15, 0.2) is 0 Å². The number of hydrogen-bond acceptors (Lipinski definition) is 4. The maximum atomic E-state index is 13.4. The number of benzene rings is 1. The Morgan fingerprint density at radius 1 is 1.02 bits per heavy atom. The molecule has 4 aliphatic rings. The smallest absolute Gasteiger partial charge is 0.315 e. The molecule has 0 spiro atoms. The van der Waals surface area contributed by atoms with E-state index in [0.717, 1.165) is 84.1 Å². The third-order valence-corrected chi connectivity index (χ3v) is 10.8. The molecule has 6 rings (SSSR count). The third-order valence-electron chi connectivity index (χ3n) is 9.53. The predicted molar refractivity (Wildman–Crippen MR) is 168 cm³/mol. The lowest BCUT2D eigenvalue weighted by molar-refractivity contribution is -0.134. The molecule has 3 N–H and O–H groups in total. The Balaban J connectivity index is 1.05. The number of urea groups is 1. The number of fused-ring (bicyclic) bond motifs is 2. The number of nitrogens with one attached hydrogen (secondary N) is 3. The Hall–Kier alpha value is -2.17. The number of rotatable bonds is 5. The first-order chi connectivity index (χ1) is 20.2. The van der Waals surface area contributed by atoms with E-state index in [4.69, 9.17) is 16.6 Å². The van der Waals surface area contributed by atoms with E-state index in [2.05, 4.69) is 64.8 Å². The lowest BCUT2D eigenvalue weighted by Crippen LogP contribution is -2.48. The van der Waals surface area contributed by atoms with Crippen LogP contribution in [0.2, 0.25) is 5.02 Å². The van der Waals surface area contributed by atoms with Crippen molar-refractivity contribution in [3.63, 3.8) is 0 Å². The first-order valence-corrected chi connectivity index (χ1v) is 17.0. The summed E-state index contributed by atoms with van der Waals surface area (Å²) in [5.74, 6) is 1.01. The number of aromatic nitrogens is 1. The second-order valence-electron chi connectivity index (χ2n) is 12.2. The van der Waals surface area contributed by atoms with Crippen molar-refractivity contribution in [3.8, 4) is 0 Å². The molecule has 1 aromatic heterocycles. The van der Waals surface area contributed by atoms with Gasteiger partial charge in [-0.15, -0.1) is 0 Å². The van der Waals surface area contributed by atoms with E-state index in [9.17, 15) is 14.4 Å². The largest absolute Gasteiger partial charge is 0.352 e. The van der Waals surface area contributed by atoms with Crippen LogP contribution in [0.15, 0.2) is 33.3 Å². The van der Waals surface area contributed by atoms with Crippen LogP contribution >= 0.6 is 43.5 Å². The number of carbonyl (C=O) groups excluding carboxylic acids is 3. The van der Waals surface area contributed by atoms with Gasteiger partial charge in [0.1, 0.15) is 6.04 Å². The summed E-state index contributed by atoms with van der Waals surface area (Å²) in [6, 6.07) is 5.62. The molecule has 2 aliphatic heterocycles. The van der Waals surface area contributed by atoms with Gasteiger partial charge in [-0.05, 0) is 114 Å². The van der Waals surface area contributed by atoms with E-state index < -0.39 is 6.04 Å². The van der Waals surface area contributed by atoms with E-state index in [-0.39, 0.29) is 29.8 Å². The number of halogens is 3. The summed E-state index contributed by atoms with van der Waals surface area (Å²) >= 11 is 13.9. The fraction of sp³-hybridized carbons (Fsp3) is 0.548. The minimum absolute atomic E-state index is 0.103. The summed E-state index contributed by atoms with van der Waals surface area (Å²) in [5, 5.41) is 9.08. The Bertz CT molecular complexity index is 1370. The quantitative estimate of drug-likeness (QED) is 0.381. The second-order valence-corrected chi connectivity index (χ2v) is 14.4. The molecule has 2 aromatic rings. The van der Waals surface area contributed by atoms with Crippen molar-refractivity contribution in [1.82, 2.24) is 25.8 Å². The van der Waals surface area contributed by atoms with Gasteiger partial charge in [0.2, 0.25) is 11.8 Å². The van der Waals surface area contributed by atoms with Crippen molar-refractivity contribution in [2.24, 2.45) is 11.8 Å². The average Bonchev–Trinajstić information content (AvgIpc) is 3.34. The summed E-state index contributed by atoms with van der Waals surface area (Å²) in [6.45, 7) is 1.85. The summed E-state index contributed by atoms with van der Waals surface area (Å²) in [7, 11) is 0. The van der Waals surface area contributed by atoms with Crippen LogP contribution in [-0.2, 0) is 22.4 Å². The number of amides is 4. The molecule has 3 heterocycles. The van der Waals surface area contributed by atoms with Crippen LogP contribution < -0.4 is 16.0 Å².